The Bertz CT molecular complexity index is 1080. The summed E-state index contributed by atoms with van der Waals surface area (Å²) in [6.45, 7) is 6.40. The summed E-state index contributed by atoms with van der Waals surface area (Å²) in [4.78, 5) is 14.4. The van der Waals surface area contributed by atoms with Crippen molar-refractivity contribution in [3.63, 3.8) is 0 Å². The van der Waals surface area contributed by atoms with Gasteiger partial charge in [0.25, 0.3) is 5.91 Å². The fourth-order valence-electron chi connectivity index (χ4n) is 3.42. The molecule has 3 N–H and O–H groups in total. The second kappa shape index (κ2) is 8.39. The van der Waals surface area contributed by atoms with Gasteiger partial charge in [0.15, 0.2) is 5.69 Å². The van der Waals surface area contributed by atoms with Crippen LogP contribution in [0.15, 0.2) is 48.5 Å². The van der Waals surface area contributed by atoms with Gasteiger partial charge < -0.3 is 20.5 Å². The lowest BCUT2D eigenvalue weighted by molar-refractivity contribution is 0.0901. The van der Waals surface area contributed by atoms with Gasteiger partial charge in [0.2, 0.25) is 0 Å². The van der Waals surface area contributed by atoms with Crippen LogP contribution in [0.2, 0.25) is 0 Å². The van der Waals surface area contributed by atoms with Crippen molar-refractivity contribution in [3.8, 4) is 17.2 Å². The zero-order chi connectivity index (χ0) is 22.0. The van der Waals surface area contributed by atoms with Crippen LogP contribution in [0.4, 0.5) is 0 Å². The summed E-state index contributed by atoms with van der Waals surface area (Å²) in [5.74, 6) is 1.21. The number of rotatable bonds is 6. The van der Waals surface area contributed by atoms with E-state index in [2.05, 4.69) is 15.5 Å². The lowest BCUT2D eigenvalue weighted by Gasteiger charge is -2.31. The number of aryl methyl sites for hydroxylation is 1. The monoisotopic (exact) mass is 421 g/mol. The molecule has 1 aliphatic rings. The van der Waals surface area contributed by atoms with E-state index in [1.807, 2.05) is 62.4 Å². The third-order valence-corrected chi connectivity index (χ3v) is 5.18. The molecular formula is C23H27N5O3. The van der Waals surface area contributed by atoms with Gasteiger partial charge in [-0.2, -0.15) is 9.90 Å². The van der Waals surface area contributed by atoms with Crippen LogP contribution in [0.25, 0.3) is 5.69 Å². The normalized spacial score (nSPS) is 15.7. The van der Waals surface area contributed by atoms with Gasteiger partial charge in [-0.1, -0.05) is 24.3 Å². The molecule has 1 atom stereocenters. The number of hydrogen-bond donors (Lipinski definition) is 2. The predicted molar refractivity (Wildman–Crippen MR) is 117 cm³/mol. The highest BCUT2D eigenvalue weighted by atomic mass is 16.5. The molecule has 3 aromatic rings. The third kappa shape index (κ3) is 4.54. The van der Waals surface area contributed by atoms with Crippen molar-refractivity contribution in [1.29, 1.82) is 0 Å². The van der Waals surface area contributed by atoms with Crippen LogP contribution >= 0.6 is 0 Å². The summed E-state index contributed by atoms with van der Waals surface area (Å²) in [5.41, 5.74) is 7.89. The number of carbonyl (C=O) groups excluding carboxylic acids is 1. The maximum atomic E-state index is 12.9. The number of hydrogen-bond acceptors (Lipinski definition) is 6. The first-order valence-corrected chi connectivity index (χ1v) is 10.3. The predicted octanol–water partition coefficient (Wildman–Crippen LogP) is 2.43. The van der Waals surface area contributed by atoms with Crippen LogP contribution < -0.4 is 20.5 Å². The smallest absolute Gasteiger partial charge is 0.274 e. The lowest BCUT2D eigenvalue weighted by Crippen LogP contribution is -2.43. The molecule has 8 nitrogen and oxygen atoms in total. The van der Waals surface area contributed by atoms with Gasteiger partial charge >= 0.3 is 0 Å². The fraction of sp³-hybridized carbons (Fsp3) is 0.348. The molecular weight excluding hydrogens is 394 g/mol. The Morgan fingerprint density at radius 3 is 2.74 bits per heavy atom. The largest absolute Gasteiger partial charge is 0.491 e. The van der Waals surface area contributed by atoms with E-state index in [9.17, 15) is 4.79 Å². The molecule has 162 valence electrons. The molecule has 1 aromatic heterocycles. The van der Waals surface area contributed by atoms with Crippen molar-refractivity contribution in [1.82, 2.24) is 20.3 Å². The number of ether oxygens (including phenoxy) is 2. The zero-order valence-corrected chi connectivity index (χ0v) is 18.0. The molecule has 31 heavy (non-hydrogen) atoms. The van der Waals surface area contributed by atoms with Crippen molar-refractivity contribution >= 4 is 5.91 Å². The summed E-state index contributed by atoms with van der Waals surface area (Å²) in [6.07, 6.45) is 0.587. The van der Waals surface area contributed by atoms with Crippen LogP contribution in [-0.2, 0) is 6.42 Å². The second-order valence-electron chi connectivity index (χ2n) is 8.24. The van der Waals surface area contributed by atoms with Gasteiger partial charge in [0, 0.05) is 18.5 Å². The Hall–Kier alpha value is -3.39. The number of amides is 1. The molecule has 2 heterocycles. The van der Waals surface area contributed by atoms with Gasteiger partial charge in [-0.05, 0) is 45.0 Å². The average Bonchev–Trinajstić information content (AvgIpc) is 3.16. The molecule has 1 aliphatic heterocycles. The van der Waals surface area contributed by atoms with Crippen molar-refractivity contribution in [2.24, 2.45) is 5.73 Å². The van der Waals surface area contributed by atoms with Crippen molar-refractivity contribution in [2.45, 2.75) is 38.8 Å². The van der Waals surface area contributed by atoms with E-state index in [-0.39, 0.29) is 11.9 Å². The van der Waals surface area contributed by atoms with Gasteiger partial charge in [0.05, 0.1) is 17.4 Å². The minimum Gasteiger partial charge on any atom is -0.491 e. The van der Waals surface area contributed by atoms with E-state index in [0.717, 1.165) is 22.7 Å². The number of nitrogens with zero attached hydrogens (tertiary/aromatic N) is 3. The Morgan fingerprint density at radius 2 is 2.00 bits per heavy atom. The third-order valence-electron chi connectivity index (χ3n) is 5.18. The molecule has 0 spiro atoms. The van der Waals surface area contributed by atoms with Crippen LogP contribution in [0, 0.1) is 6.92 Å². The lowest BCUT2D eigenvalue weighted by atomic mass is 10.0. The van der Waals surface area contributed by atoms with Gasteiger partial charge in [-0.3, -0.25) is 4.79 Å². The number of nitrogens with two attached hydrogens (primary N) is 1. The summed E-state index contributed by atoms with van der Waals surface area (Å²) >= 11 is 0. The van der Waals surface area contributed by atoms with Crippen molar-refractivity contribution in [3.05, 3.63) is 65.5 Å². The van der Waals surface area contributed by atoms with E-state index in [1.165, 1.54) is 4.80 Å². The van der Waals surface area contributed by atoms with Crippen LogP contribution in [0.3, 0.4) is 0 Å². The molecule has 0 unspecified atom stereocenters. The van der Waals surface area contributed by atoms with Gasteiger partial charge in [0.1, 0.15) is 23.7 Å². The van der Waals surface area contributed by atoms with E-state index in [4.69, 9.17) is 15.2 Å². The highest BCUT2D eigenvalue weighted by Crippen LogP contribution is 2.34. The topological polar surface area (TPSA) is 104 Å². The molecule has 0 saturated heterocycles. The molecule has 2 aromatic carbocycles. The minimum absolute atomic E-state index is 0.216. The Labute approximate surface area is 181 Å². The van der Waals surface area contributed by atoms with Gasteiger partial charge in [-0.25, -0.2) is 0 Å². The Morgan fingerprint density at radius 1 is 1.23 bits per heavy atom. The number of para-hydroxylation sites is 1. The molecule has 4 rings (SSSR count). The highest BCUT2D eigenvalue weighted by Gasteiger charge is 2.28. The first kappa shape index (κ1) is 20.9. The zero-order valence-electron chi connectivity index (χ0n) is 18.0. The number of fused-ring (bicyclic) bond motifs is 1. The summed E-state index contributed by atoms with van der Waals surface area (Å²) in [7, 11) is 0. The number of aromatic nitrogens is 3. The van der Waals surface area contributed by atoms with Crippen LogP contribution in [0.1, 0.15) is 35.6 Å². The van der Waals surface area contributed by atoms with Gasteiger partial charge in [-0.15, -0.1) is 5.10 Å². The van der Waals surface area contributed by atoms with E-state index < -0.39 is 5.60 Å². The first-order valence-electron chi connectivity index (χ1n) is 10.3. The molecule has 0 bridgehead atoms. The SMILES string of the molecule is Cc1nn(-c2ccccc2)nc1C(=O)N[C@@H]1COc2cccc(OC(C)(C)CN)c2C1. The van der Waals surface area contributed by atoms with Crippen molar-refractivity contribution < 1.29 is 14.3 Å². The standard InChI is InChI=1S/C23H27N5O3/c1-15-21(27-28(26-15)17-8-5-4-6-9-17)22(29)25-16-12-18-19(30-13-16)10-7-11-20(18)31-23(2,3)14-24/h4-11,16H,12-14,24H2,1-3H3,(H,25,29)/t16-/m0/s1. The fourth-order valence-corrected chi connectivity index (χ4v) is 3.42. The average molecular weight is 422 g/mol. The maximum absolute atomic E-state index is 12.9. The quantitative estimate of drug-likeness (QED) is 0.633. The maximum Gasteiger partial charge on any atom is 0.274 e. The molecule has 0 aliphatic carbocycles. The molecule has 1 amide bonds. The molecule has 8 heteroatoms. The summed E-state index contributed by atoms with van der Waals surface area (Å²) in [6, 6.07) is 15.0. The minimum atomic E-state index is -0.502. The van der Waals surface area contributed by atoms with Crippen LogP contribution in [0.5, 0.6) is 11.5 Å². The first-order chi connectivity index (χ1) is 14.9. The van der Waals surface area contributed by atoms with Crippen molar-refractivity contribution in [2.75, 3.05) is 13.2 Å². The highest BCUT2D eigenvalue weighted by molar-refractivity contribution is 5.93. The Kier molecular flexibility index (Phi) is 5.65. The van der Waals surface area contributed by atoms with Crippen LogP contribution in [-0.4, -0.2) is 45.7 Å². The van der Waals surface area contributed by atoms with E-state index in [1.54, 1.807) is 6.92 Å². The molecule has 0 saturated carbocycles. The molecule has 0 radical (unpaired) electrons. The number of carbonyl (C=O) groups is 1. The number of benzene rings is 2. The Balaban J connectivity index is 1.50. The second-order valence-corrected chi connectivity index (χ2v) is 8.24. The number of nitrogens with one attached hydrogen (secondary N) is 1. The van der Waals surface area contributed by atoms with E-state index >= 15 is 0 Å². The molecule has 0 fully saturated rings. The summed E-state index contributed by atoms with van der Waals surface area (Å²) < 4.78 is 12.0. The summed E-state index contributed by atoms with van der Waals surface area (Å²) in [5, 5.41) is 11.8. The van der Waals surface area contributed by atoms with E-state index in [0.29, 0.717) is 31.0 Å².